The van der Waals surface area contributed by atoms with E-state index in [0.29, 0.717) is 36.7 Å². The van der Waals surface area contributed by atoms with Crippen LogP contribution in [0.4, 0.5) is 0 Å². The number of imide groups is 1. The van der Waals surface area contributed by atoms with E-state index in [1.54, 1.807) is 0 Å². The van der Waals surface area contributed by atoms with Gasteiger partial charge in [0.05, 0.1) is 23.2 Å². The third-order valence-corrected chi connectivity index (χ3v) is 5.16. The third-order valence-electron chi connectivity index (χ3n) is 4.07. The number of benzene rings is 1. The number of rotatable bonds is 11. The molecule has 1 aromatic rings. The number of carbonyl (C=O) groups is 2. The molecule has 0 saturated carbocycles. The van der Waals surface area contributed by atoms with Gasteiger partial charge in [-0.2, -0.15) is 0 Å². The summed E-state index contributed by atoms with van der Waals surface area (Å²) in [7, 11) is 0. The van der Waals surface area contributed by atoms with Crippen LogP contribution in [0.2, 0.25) is 0 Å². The molecule has 5 nitrogen and oxygen atoms in total. The van der Waals surface area contributed by atoms with Gasteiger partial charge in [-0.05, 0) is 44.4 Å². The van der Waals surface area contributed by atoms with Gasteiger partial charge in [-0.15, -0.1) is 11.8 Å². The fourth-order valence-electron chi connectivity index (χ4n) is 2.84. The fourth-order valence-corrected chi connectivity index (χ4v) is 3.84. The molecule has 1 aliphatic rings. The number of thioether (sulfide) groups is 1. The summed E-state index contributed by atoms with van der Waals surface area (Å²) >= 11 is 1.45. The van der Waals surface area contributed by atoms with Crippen LogP contribution in [0.15, 0.2) is 29.2 Å². The van der Waals surface area contributed by atoms with Crippen molar-refractivity contribution in [2.75, 3.05) is 19.8 Å². The summed E-state index contributed by atoms with van der Waals surface area (Å²) in [4.78, 5) is 27.9. The monoisotopic (exact) mass is 405 g/mol. The van der Waals surface area contributed by atoms with Crippen molar-refractivity contribution in [1.82, 2.24) is 4.90 Å². The van der Waals surface area contributed by atoms with E-state index < -0.39 is 0 Å². The summed E-state index contributed by atoms with van der Waals surface area (Å²) in [5.74, 6) is 0.346. The second-order valence-corrected chi connectivity index (χ2v) is 8.87. The molecular weight excluding hydrogens is 374 g/mol. The highest BCUT2D eigenvalue weighted by Crippen LogP contribution is 2.38. The molecule has 0 bridgehead atoms. The van der Waals surface area contributed by atoms with Crippen molar-refractivity contribution >= 4 is 29.1 Å². The number of carbonyl (C=O) groups excluding carboxylic acids is 2. The molecule has 0 atom stereocenters. The molecule has 6 heteroatoms. The van der Waals surface area contributed by atoms with Crippen molar-refractivity contribution in [1.29, 1.82) is 0 Å². The SMILES string of the molecule is CCCOc1ccc(C2=C(SC(C)C)C(=O)N(CCCOC(C)C)C2=O)cc1. The molecule has 0 N–H and O–H groups in total. The predicted molar refractivity (Wildman–Crippen MR) is 114 cm³/mol. The van der Waals surface area contributed by atoms with Gasteiger partial charge in [-0.1, -0.05) is 32.9 Å². The van der Waals surface area contributed by atoms with Crippen molar-refractivity contribution in [3.05, 3.63) is 34.7 Å². The Labute approximate surface area is 172 Å². The first-order valence-corrected chi connectivity index (χ1v) is 10.8. The van der Waals surface area contributed by atoms with Gasteiger partial charge in [-0.25, -0.2) is 0 Å². The Morgan fingerprint density at radius 3 is 2.25 bits per heavy atom. The molecule has 1 aliphatic heterocycles. The van der Waals surface area contributed by atoms with Gasteiger partial charge in [0.1, 0.15) is 5.75 Å². The van der Waals surface area contributed by atoms with Crippen molar-refractivity contribution in [2.45, 2.75) is 58.8 Å². The minimum Gasteiger partial charge on any atom is -0.494 e. The Morgan fingerprint density at radius 2 is 1.68 bits per heavy atom. The van der Waals surface area contributed by atoms with Gasteiger partial charge >= 0.3 is 0 Å². The highest BCUT2D eigenvalue weighted by molar-refractivity contribution is 8.04. The van der Waals surface area contributed by atoms with E-state index in [9.17, 15) is 9.59 Å². The van der Waals surface area contributed by atoms with Crippen LogP contribution in [-0.2, 0) is 14.3 Å². The lowest BCUT2D eigenvalue weighted by atomic mass is 10.1. The maximum absolute atomic E-state index is 13.1. The number of hydrogen-bond donors (Lipinski definition) is 0. The quantitative estimate of drug-likeness (QED) is 0.400. The first-order chi connectivity index (χ1) is 13.3. The lowest BCUT2D eigenvalue weighted by molar-refractivity contribution is -0.136. The normalized spacial score (nSPS) is 14.8. The van der Waals surface area contributed by atoms with E-state index in [1.807, 2.05) is 52.0 Å². The molecule has 2 rings (SSSR count). The van der Waals surface area contributed by atoms with Crippen molar-refractivity contribution in [3.63, 3.8) is 0 Å². The van der Waals surface area contributed by atoms with Crippen LogP contribution in [0.25, 0.3) is 5.57 Å². The molecule has 28 heavy (non-hydrogen) atoms. The van der Waals surface area contributed by atoms with E-state index in [0.717, 1.165) is 17.7 Å². The van der Waals surface area contributed by atoms with E-state index >= 15 is 0 Å². The number of ether oxygens (including phenoxy) is 2. The maximum Gasteiger partial charge on any atom is 0.267 e. The minimum atomic E-state index is -0.222. The van der Waals surface area contributed by atoms with Crippen molar-refractivity contribution in [2.24, 2.45) is 0 Å². The lowest BCUT2D eigenvalue weighted by Gasteiger charge is -2.16. The molecule has 0 aliphatic carbocycles. The average Bonchev–Trinajstić information content (AvgIpc) is 2.87. The number of nitrogens with zero attached hydrogens (tertiary/aromatic N) is 1. The lowest BCUT2D eigenvalue weighted by Crippen LogP contribution is -2.33. The Kier molecular flexibility index (Phi) is 8.58. The number of amides is 2. The molecule has 0 spiro atoms. The Morgan fingerprint density at radius 1 is 1.00 bits per heavy atom. The molecule has 0 radical (unpaired) electrons. The Balaban J connectivity index is 2.21. The molecular formula is C22H31NO4S. The van der Waals surface area contributed by atoms with Crippen molar-refractivity contribution in [3.8, 4) is 5.75 Å². The van der Waals surface area contributed by atoms with Crippen LogP contribution < -0.4 is 4.74 Å². The second kappa shape index (κ2) is 10.7. The molecule has 1 aromatic carbocycles. The minimum absolute atomic E-state index is 0.138. The smallest absolute Gasteiger partial charge is 0.267 e. The highest BCUT2D eigenvalue weighted by atomic mass is 32.2. The first kappa shape index (κ1) is 22.5. The summed E-state index contributed by atoms with van der Waals surface area (Å²) < 4.78 is 11.2. The number of hydrogen-bond acceptors (Lipinski definition) is 5. The van der Waals surface area contributed by atoms with Crippen LogP contribution in [0.1, 0.15) is 53.0 Å². The summed E-state index contributed by atoms with van der Waals surface area (Å²) in [5, 5.41) is 0.207. The fraction of sp³-hybridized carbons (Fsp3) is 0.545. The largest absolute Gasteiger partial charge is 0.494 e. The van der Waals surface area contributed by atoms with E-state index in [2.05, 4.69) is 6.92 Å². The van der Waals surface area contributed by atoms with E-state index in [-0.39, 0.29) is 23.2 Å². The Bertz CT molecular complexity index is 710. The van der Waals surface area contributed by atoms with E-state index in [1.165, 1.54) is 16.7 Å². The summed E-state index contributed by atoms with van der Waals surface area (Å²) in [6.07, 6.45) is 1.70. The average molecular weight is 406 g/mol. The molecule has 154 valence electrons. The molecule has 0 saturated heterocycles. The van der Waals surface area contributed by atoms with Gasteiger partial charge in [0.25, 0.3) is 11.8 Å². The third kappa shape index (κ3) is 5.85. The topological polar surface area (TPSA) is 55.8 Å². The maximum atomic E-state index is 13.1. The van der Waals surface area contributed by atoms with Crippen LogP contribution in [0, 0.1) is 0 Å². The highest BCUT2D eigenvalue weighted by Gasteiger charge is 2.39. The molecule has 2 amide bonds. The molecule has 0 aromatic heterocycles. The molecule has 0 fully saturated rings. The van der Waals surface area contributed by atoms with Crippen LogP contribution >= 0.6 is 11.8 Å². The zero-order chi connectivity index (χ0) is 20.7. The molecule has 0 unspecified atom stereocenters. The van der Waals surface area contributed by atoms with E-state index in [4.69, 9.17) is 9.47 Å². The van der Waals surface area contributed by atoms with Crippen LogP contribution in [0.3, 0.4) is 0 Å². The first-order valence-electron chi connectivity index (χ1n) is 9.97. The standard InChI is InChI=1S/C22H31NO4S/c1-6-13-27-18-10-8-17(9-11-18)19-20(28-16(4)5)22(25)23(21(19)24)12-7-14-26-15(2)3/h8-11,15-16H,6-7,12-14H2,1-5H3. The summed E-state index contributed by atoms with van der Waals surface area (Å²) in [6, 6.07) is 7.43. The van der Waals surface area contributed by atoms with Crippen LogP contribution in [0.5, 0.6) is 5.75 Å². The van der Waals surface area contributed by atoms with Crippen LogP contribution in [-0.4, -0.2) is 47.8 Å². The van der Waals surface area contributed by atoms with Gasteiger partial charge in [0, 0.05) is 18.4 Å². The second-order valence-electron chi connectivity index (χ2n) is 7.28. The Hall–Kier alpha value is -1.79. The predicted octanol–water partition coefficient (Wildman–Crippen LogP) is 4.51. The summed E-state index contributed by atoms with van der Waals surface area (Å²) in [5.41, 5.74) is 1.25. The van der Waals surface area contributed by atoms with Gasteiger partial charge in [0.15, 0.2) is 0 Å². The van der Waals surface area contributed by atoms with Gasteiger partial charge < -0.3 is 9.47 Å². The van der Waals surface area contributed by atoms with Gasteiger partial charge in [-0.3, -0.25) is 14.5 Å². The zero-order valence-corrected chi connectivity index (χ0v) is 18.3. The molecule has 1 heterocycles. The summed E-state index contributed by atoms with van der Waals surface area (Å²) in [6.45, 7) is 11.6. The van der Waals surface area contributed by atoms with Gasteiger partial charge in [0.2, 0.25) is 0 Å². The zero-order valence-electron chi connectivity index (χ0n) is 17.5. The van der Waals surface area contributed by atoms with Crippen molar-refractivity contribution < 1.29 is 19.1 Å².